The van der Waals surface area contributed by atoms with Crippen molar-refractivity contribution in [3.8, 4) is 0 Å². The standard InChI is InChI=1S/C27H26N2O3/c1-19(30)21-14-9-15-24(17-21)29-25(31)27(2,3)28(26(29)32)18-23-13-8-7-12-22(23)16-20-10-5-4-6-11-20/h4-15,17H,16,18H2,1-3H3. The SMILES string of the molecule is CC(=O)c1cccc(N2C(=O)N(Cc3ccccc3Cc3ccccc3)C(C)(C)C2=O)c1. The highest BCUT2D eigenvalue weighted by molar-refractivity contribution is 6.23. The first kappa shape index (κ1) is 21.5. The predicted molar refractivity (Wildman–Crippen MR) is 125 cm³/mol. The largest absolute Gasteiger partial charge is 0.332 e. The van der Waals surface area contributed by atoms with E-state index < -0.39 is 5.54 Å². The first-order valence-electron chi connectivity index (χ1n) is 10.7. The third-order valence-corrected chi connectivity index (χ3v) is 6.02. The van der Waals surface area contributed by atoms with Crippen LogP contribution in [0.5, 0.6) is 0 Å². The number of rotatable bonds is 6. The van der Waals surface area contributed by atoms with Crippen molar-refractivity contribution in [2.75, 3.05) is 4.90 Å². The highest BCUT2D eigenvalue weighted by atomic mass is 16.2. The maximum absolute atomic E-state index is 13.4. The number of hydrogen-bond donors (Lipinski definition) is 0. The lowest BCUT2D eigenvalue weighted by molar-refractivity contribution is -0.123. The zero-order chi connectivity index (χ0) is 22.9. The van der Waals surface area contributed by atoms with Crippen molar-refractivity contribution in [3.63, 3.8) is 0 Å². The molecule has 4 rings (SSSR count). The molecule has 1 heterocycles. The molecule has 1 aliphatic rings. The van der Waals surface area contributed by atoms with Crippen LogP contribution in [0, 0.1) is 0 Å². The molecule has 1 saturated heterocycles. The number of nitrogens with zero attached hydrogens (tertiary/aromatic N) is 2. The van der Waals surface area contributed by atoms with E-state index in [2.05, 4.69) is 18.2 Å². The van der Waals surface area contributed by atoms with Gasteiger partial charge in [-0.25, -0.2) is 9.69 Å². The zero-order valence-corrected chi connectivity index (χ0v) is 18.5. The molecule has 5 nitrogen and oxygen atoms in total. The molecule has 0 aromatic heterocycles. The van der Waals surface area contributed by atoms with E-state index in [-0.39, 0.29) is 17.7 Å². The van der Waals surface area contributed by atoms with Gasteiger partial charge in [-0.2, -0.15) is 0 Å². The maximum Gasteiger partial charge on any atom is 0.332 e. The van der Waals surface area contributed by atoms with Crippen LogP contribution in [0.4, 0.5) is 10.5 Å². The first-order chi connectivity index (χ1) is 15.3. The lowest BCUT2D eigenvalue weighted by Crippen LogP contribution is -2.43. The van der Waals surface area contributed by atoms with Crippen LogP contribution in [0.1, 0.15) is 47.8 Å². The number of hydrogen-bond acceptors (Lipinski definition) is 3. The van der Waals surface area contributed by atoms with Crippen molar-refractivity contribution >= 4 is 23.4 Å². The molecular weight excluding hydrogens is 400 g/mol. The Bertz CT molecular complexity index is 1180. The summed E-state index contributed by atoms with van der Waals surface area (Å²) in [6, 6.07) is 24.5. The van der Waals surface area contributed by atoms with Crippen molar-refractivity contribution in [2.45, 2.75) is 39.3 Å². The number of benzene rings is 3. The Morgan fingerprint density at radius 2 is 1.50 bits per heavy atom. The lowest BCUT2D eigenvalue weighted by Gasteiger charge is -2.28. The van der Waals surface area contributed by atoms with E-state index in [9.17, 15) is 14.4 Å². The third kappa shape index (κ3) is 3.94. The molecule has 1 fully saturated rings. The van der Waals surface area contributed by atoms with Gasteiger partial charge >= 0.3 is 6.03 Å². The molecule has 0 N–H and O–H groups in total. The Morgan fingerprint density at radius 3 is 2.19 bits per heavy atom. The minimum atomic E-state index is -1.01. The van der Waals surface area contributed by atoms with Crippen LogP contribution in [-0.4, -0.2) is 28.2 Å². The number of anilines is 1. The molecule has 162 valence electrons. The topological polar surface area (TPSA) is 57.7 Å². The van der Waals surface area contributed by atoms with Gasteiger partial charge in [0.2, 0.25) is 0 Å². The summed E-state index contributed by atoms with van der Waals surface area (Å²) in [7, 11) is 0. The Hall–Kier alpha value is -3.73. The number of Topliss-reactive ketones (excluding diaryl/α,β-unsaturated/α-hetero) is 1. The number of ketones is 1. The molecule has 0 radical (unpaired) electrons. The average Bonchev–Trinajstić information content (AvgIpc) is 2.95. The number of carbonyl (C=O) groups excluding carboxylic acids is 3. The molecule has 32 heavy (non-hydrogen) atoms. The van der Waals surface area contributed by atoms with Gasteiger partial charge in [0, 0.05) is 12.1 Å². The van der Waals surface area contributed by atoms with Crippen molar-refractivity contribution < 1.29 is 14.4 Å². The fraction of sp³-hybridized carbons (Fsp3) is 0.222. The highest BCUT2D eigenvalue weighted by Crippen LogP contribution is 2.34. The number of imide groups is 1. The second kappa shape index (κ2) is 8.42. The first-order valence-corrected chi connectivity index (χ1v) is 10.7. The fourth-order valence-electron chi connectivity index (χ4n) is 4.06. The summed E-state index contributed by atoms with van der Waals surface area (Å²) in [6.07, 6.45) is 0.748. The molecule has 3 amide bonds. The van der Waals surface area contributed by atoms with Crippen LogP contribution >= 0.6 is 0 Å². The van der Waals surface area contributed by atoms with E-state index in [1.807, 2.05) is 36.4 Å². The number of carbonyl (C=O) groups is 3. The molecule has 1 aliphatic heterocycles. The smallest absolute Gasteiger partial charge is 0.305 e. The second-order valence-electron chi connectivity index (χ2n) is 8.61. The van der Waals surface area contributed by atoms with Crippen molar-refractivity contribution in [3.05, 3.63) is 101 Å². The summed E-state index contributed by atoms with van der Waals surface area (Å²) >= 11 is 0. The summed E-state index contributed by atoms with van der Waals surface area (Å²) in [5, 5.41) is 0. The molecule has 3 aromatic carbocycles. The van der Waals surface area contributed by atoms with Crippen LogP contribution in [0.25, 0.3) is 0 Å². The quantitative estimate of drug-likeness (QED) is 0.401. The molecule has 0 spiro atoms. The van der Waals surface area contributed by atoms with Gasteiger partial charge in [0.25, 0.3) is 5.91 Å². The molecule has 0 aliphatic carbocycles. The van der Waals surface area contributed by atoms with E-state index >= 15 is 0 Å². The monoisotopic (exact) mass is 426 g/mol. The molecule has 0 unspecified atom stereocenters. The molecule has 0 bridgehead atoms. The van der Waals surface area contributed by atoms with Crippen LogP contribution < -0.4 is 4.90 Å². The molecular formula is C27H26N2O3. The summed E-state index contributed by atoms with van der Waals surface area (Å²) in [5.41, 5.74) is 3.18. The minimum Gasteiger partial charge on any atom is -0.305 e. The number of urea groups is 1. The molecule has 0 saturated carbocycles. The van der Waals surface area contributed by atoms with E-state index in [0.717, 1.165) is 17.5 Å². The van der Waals surface area contributed by atoms with E-state index in [1.54, 1.807) is 43.0 Å². The van der Waals surface area contributed by atoms with Crippen molar-refractivity contribution in [1.29, 1.82) is 0 Å². The lowest BCUT2D eigenvalue weighted by atomic mass is 9.97. The Morgan fingerprint density at radius 1 is 0.844 bits per heavy atom. The fourth-order valence-corrected chi connectivity index (χ4v) is 4.06. The van der Waals surface area contributed by atoms with E-state index in [0.29, 0.717) is 17.8 Å². The Labute approximate surface area is 188 Å². The van der Waals surface area contributed by atoms with Crippen LogP contribution in [-0.2, 0) is 17.8 Å². The minimum absolute atomic E-state index is 0.114. The van der Waals surface area contributed by atoms with Crippen LogP contribution in [0.2, 0.25) is 0 Å². The maximum atomic E-state index is 13.4. The molecule has 3 aromatic rings. The summed E-state index contributed by atoms with van der Waals surface area (Å²) in [6.45, 7) is 5.32. The van der Waals surface area contributed by atoms with Crippen LogP contribution in [0.3, 0.4) is 0 Å². The molecule has 0 atom stereocenters. The third-order valence-electron chi connectivity index (χ3n) is 6.02. The van der Waals surface area contributed by atoms with Gasteiger partial charge in [-0.1, -0.05) is 66.7 Å². The van der Waals surface area contributed by atoms with E-state index in [1.165, 1.54) is 17.4 Å². The summed E-state index contributed by atoms with van der Waals surface area (Å²) in [5.74, 6) is -0.416. The molecule has 5 heteroatoms. The summed E-state index contributed by atoms with van der Waals surface area (Å²) in [4.78, 5) is 41.3. The zero-order valence-electron chi connectivity index (χ0n) is 18.5. The Kier molecular flexibility index (Phi) is 5.66. The summed E-state index contributed by atoms with van der Waals surface area (Å²) < 4.78 is 0. The van der Waals surface area contributed by atoms with Crippen molar-refractivity contribution in [2.24, 2.45) is 0 Å². The Balaban J connectivity index is 1.65. The predicted octanol–water partition coefficient (Wildman–Crippen LogP) is 5.23. The van der Waals surface area contributed by atoms with Gasteiger partial charge < -0.3 is 4.90 Å². The van der Waals surface area contributed by atoms with Gasteiger partial charge in [-0.3, -0.25) is 9.59 Å². The van der Waals surface area contributed by atoms with Crippen LogP contribution in [0.15, 0.2) is 78.9 Å². The second-order valence-corrected chi connectivity index (χ2v) is 8.61. The van der Waals surface area contributed by atoms with Gasteiger partial charge in [0.05, 0.1) is 5.69 Å². The van der Waals surface area contributed by atoms with Gasteiger partial charge in [0.1, 0.15) is 5.54 Å². The van der Waals surface area contributed by atoms with Crippen molar-refractivity contribution in [1.82, 2.24) is 4.90 Å². The van der Waals surface area contributed by atoms with Gasteiger partial charge in [-0.15, -0.1) is 0 Å². The highest BCUT2D eigenvalue weighted by Gasteiger charge is 2.51. The normalized spacial score (nSPS) is 15.3. The average molecular weight is 427 g/mol. The number of amides is 3. The van der Waals surface area contributed by atoms with Gasteiger partial charge in [0.15, 0.2) is 5.78 Å². The van der Waals surface area contributed by atoms with Gasteiger partial charge in [-0.05, 0) is 56.0 Å². The van der Waals surface area contributed by atoms with E-state index in [4.69, 9.17) is 0 Å².